The van der Waals surface area contributed by atoms with Crippen molar-refractivity contribution < 1.29 is 4.79 Å². The lowest BCUT2D eigenvalue weighted by molar-refractivity contribution is 0.102. The highest BCUT2D eigenvalue weighted by atomic mass is 16.1. The van der Waals surface area contributed by atoms with E-state index in [2.05, 4.69) is 15.3 Å². The first-order valence-corrected chi connectivity index (χ1v) is 6.57. The summed E-state index contributed by atoms with van der Waals surface area (Å²) < 4.78 is 0. The van der Waals surface area contributed by atoms with Crippen LogP contribution in [0, 0.1) is 0 Å². The third-order valence-corrected chi connectivity index (χ3v) is 2.98. The van der Waals surface area contributed by atoms with Crippen molar-refractivity contribution in [2.75, 3.05) is 5.32 Å². The van der Waals surface area contributed by atoms with Gasteiger partial charge in [0.1, 0.15) is 0 Å². The Balaban J connectivity index is 1.75. The minimum Gasteiger partial charge on any atom is -0.319 e. The smallest absolute Gasteiger partial charge is 0.255 e. The molecule has 0 fully saturated rings. The van der Waals surface area contributed by atoms with Gasteiger partial charge in [-0.05, 0) is 12.1 Å². The molecule has 0 spiro atoms. The summed E-state index contributed by atoms with van der Waals surface area (Å²) in [5.41, 5.74) is 2.12. The fraction of sp³-hybridized carbons (Fsp3) is 0. The third kappa shape index (κ3) is 3.12. The Labute approximate surface area is 122 Å². The van der Waals surface area contributed by atoms with E-state index < -0.39 is 0 Å². The van der Waals surface area contributed by atoms with E-state index in [1.54, 1.807) is 24.5 Å². The molecule has 4 heteroatoms. The van der Waals surface area contributed by atoms with E-state index in [0.29, 0.717) is 17.1 Å². The summed E-state index contributed by atoms with van der Waals surface area (Å²) in [6.07, 6.45) is 3.21. The SMILES string of the molecule is O=C(Nc1cnc(-c2ccccc2)nc1)c1ccccc1. The molecule has 3 aromatic rings. The van der Waals surface area contributed by atoms with Gasteiger partial charge in [-0.2, -0.15) is 0 Å². The number of carbonyl (C=O) groups excluding carboxylic acids is 1. The van der Waals surface area contributed by atoms with Crippen molar-refractivity contribution in [3.05, 3.63) is 78.6 Å². The van der Waals surface area contributed by atoms with Crippen LogP contribution in [-0.2, 0) is 0 Å². The van der Waals surface area contributed by atoms with Gasteiger partial charge in [0.15, 0.2) is 5.82 Å². The number of nitrogens with one attached hydrogen (secondary N) is 1. The van der Waals surface area contributed by atoms with Gasteiger partial charge >= 0.3 is 0 Å². The van der Waals surface area contributed by atoms with E-state index in [9.17, 15) is 4.79 Å². The van der Waals surface area contributed by atoms with Crippen molar-refractivity contribution in [1.29, 1.82) is 0 Å². The molecule has 4 nitrogen and oxygen atoms in total. The fourth-order valence-electron chi connectivity index (χ4n) is 1.92. The number of amides is 1. The van der Waals surface area contributed by atoms with Gasteiger partial charge in [-0.15, -0.1) is 0 Å². The molecule has 0 aliphatic carbocycles. The molecule has 2 aromatic carbocycles. The average molecular weight is 275 g/mol. The van der Waals surface area contributed by atoms with Gasteiger partial charge in [0.2, 0.25) is 0 Å². The van der Waals surface area contributed by atoms with Crippen LogP contribution in [0.1, 0.15) is 10.4 Å². The molecule has 0 saturated heterocycles. The highest BCUT2D eigenvalue weighted by Crippen LogP contribution is 2.15. The standard InChI is InChI=1S/C17H13N3O/c21-17(14-9-5-2-6-10-14)20-15-11-18-16(19-12-15)13-7-3-1-4-8-13/h1-12H,(H,20,21). The van der Waals surface area contributed by atoms with Gasteiger partial charge in [-0.25, -0.2) is 9.97 Å². The monoisotopic (exact) mass is 275 g/mol. The van der Waals surface area contributed by atoms with Gasteiger partial charge in [-0.3, -0.25) is 4.79 Å². The number of hydrogen-bond acceptors (Lipinski definition) is 3. The molecular weight excluding hydrogens is 262 g/mol. The van der Waals surface area contributed by atoms with Crippen LogP contribution in [0.5, 0.6) is 0 Å². The molecule has 0 aliphatic heterocycles. The molecule has 1 N–H and O–H groups in total. The highest BCUT2D eigenvalue weighted by Gasteiger charge is 2.06. The van der Waals surface area contributed by atoms with E-state index in [1.807, 2.05) is 48.5 Å². The number of carbonyl (C=O) groups is 1. The van der Waals surface area contributed by atoms with Crippen molar-refractivity contribution in [3.63, 3.8) is 0 Å². The maximum Gasteiger partial charge on any atom is 0.255 e. The van der Waals surface area contributed by atoms with Crippen LogP contribution < -0.4 is 5.32 Å². The zero-order valence-corrected chi connectivity index (χ0v) is 11.2. The lowest BCUT2D eigenvalue weighted by atomic mass is 10.2. The predicted molar refractivity (Wildman–Crippen MR) is 81.9 cm³/mol. The van der Waals surface area contributed by atoms with Crippen LogP contribution in [0.25, 0.3) is 11.4 Å². The fourth-order valence-corrected chi connectivity index (χ4v) is 1.92. The molecule has 0 atom stereocenters. The maximum absolute atomic E-state index is 12.0. The second-order valence-corrected chi connectivity index (χ2v) is 4.48. The van der Waals surface area contributed by atoms with Crippen LogP contribution in [-0.4, -0.2) is 15.9 Å². The number of benzene rings is 2. The van der Waals surface area contributed by atoms with Crippen LogP contribution in [0.15, 0.2) is 73.1 Å². The molecule has 0 saturated carbocycles. The third-order valence-electron chi connectivity index (χ3n) is 2.98. The van der Waals surface area contributed by atoms with Crippen molar-refractivity contribution >= 4 is 11.6 Å². The first kappa shape index (κ1) is 13.0. The number of aromatic nitrogens is 2. The molecule has 0 radical (unpaired) electrons. The minimum absolute atomic E-state index is 0.174. The Morgan fingerprint density at radius 2 is 1.38 bits per heavy atom. The minimum atomic E-state index is -0.174. The van der Waals surface area contributed by atoms with E-state index in [1.165, 1.54) is 0 Å². The molecule has 102 valence electrons. The Morgan fingerprint density at radius 3 is 2.00 bits per heavy atom. The van der Waals surface area contributed by atoms with Gasteiger partial charge < -0.3 is 5.32 Å². The molecule has 1 aromatic heterocycles. The second-order valence-electron chi connectivity index (χ2n) is 4.48. The topological polar surface area (TPSA) is 54.9 Å². The molecule has 1 amide bonds. The van der Waals surface area contributed by atoms with Gasteiger partial charge in [0, 0.05) is 11.1 Å². The predicted octanol–water partition coefficient (Wildman–Crippen LogP) is 3.40. The number of anilines is 1. The van der Waals surface area contributed by atoms with E-state index in [4.69, 9.17) is 0 Å². The van der Waals surface area contributed by atoms with Crippen molar-refractivity contribution in [3.8, 4) is 11.4 Å². The zero-order chi connectivity index (χ0) is 14.5. The first-order chi connectivity index (χ1) is 10.3. The van der Waals surface area contributed by atoms with Crippen molar-refractivity contribution in [2.45, 2.75) is 0 Å². The van der Waals surface area contributed by atoms with E-state index in [-0.39, 0.29) is 5.91 Å². The Hall–Kier alpha value is -3.01. The molecular formula is C17H13N3O. The summed E-state index contributed by atoms with van der Waals surface area (Å²) in [5, 5.41) is 2.77. The number of hydrogen-bond donors (Lipinski definition) is 1. The molecule has 0 bridgehead atoms. The summed E-state index contributed by atoms with van der Waals surface area (Å²) in [6, 6.07) is 18.7. The molecule has 1 heterocycles. The normalized spacial score (nSPS) is 10.1. The quantitative estimate of drug-likeness (QED) is 0.797. The summed E-state index contributed by atoms with van der Waals surface area (Å²) in [5.74, 6) is 0.458. The molecule has 0 aliphatic rings. The second kappa shape index (κ2) is 5.96. The summed E-state index contributed by atoms with van der Waals surface area (Å²) in [7, 11) is 0. The molecule has 21 heavy (non-hydrogen) atoms. The zero-order valence-electron chi connectivity index (χ0n) is 11.2. The summed E-state index contributed by atoms with van der Waals surface area (Å²) in [6.45, 7) is 0. The van der Waals surface area contributed by atoms with Crippen LogP contribution in [0.2, 0.25) is 0 Å². The Kier molecular flexibility index (Phi) is 3.69. The highest BCUT2D eigenvalue weighted by molar-refractivity contribution is 6.04. The van der Waals surface area contributed by atoms with Crippen LogP contribution in [0.4, 0.5) is 5.69 Å². The average Bonchev–Trinajstić information content (AvgIpc) is 2.57. The lowest BCUT2D eigenvalue weighted by Crippen LogP contribution is -2.12. The van der Waals surface area contributed by atoms with Crippen molar-refractivity contribution in [2.24, 2.45) is 0 Å². The number of rotatable bonds is 3. The Bertz CT molecular complexity index is 725. The Morgan fingerprint density at radius 1 is 0.810 bits per heavy atom. The number of nitrogens with zero attached hydrogens (tertiary/aromatic N) is 2. The van der Waals surface area contributed by atoms with Crippen LogP contribution >= 0.6 is 0 Å². The van der Waals surface area contributed by atoms with Gasteiger partial charge in [0.05, 0.1) is 18.1 Å². The molecule has 3 rings (SSSR count). The largest absolute Gasteiger partial charge is 0.319 e. The lowest BCUT2D eigenvalue weighted by Gasteiger charge is -2.05. The maximum atomic E-state index is 12.0. The summed E-state index contributed by atoms with van der Waals surface area (Å²) in [4.78, 5) is 20.5. The molecule has 0 unspecified atom stereocenters. The van der Waals surface area contributed by atoms with Gasteiger partial charge in [0.25, 0.3) is 5.91 Å². The van der Waals surface area contributed by atoms with Crippen LogP contribution in [0.3, 0.4) is 0 Å². The van der Waals surface area contributed by atoms with Crippen molar-refractivity contribution in [1.82, 2.24) is 9.97 Å². The summed E-state index contributed by atoms with van der Waals surface area (Å²) >= 11 is 0. The van der Waals surface area contributed by atoms with E-state index >= 15 is 0 Å². The van der Waals surface area contributed by atoms with E-state index in [0.717, 1.165) is 5.56 Å². The first-order valence-electron chi connectivity index (χ1n) is 6.57. The van der Waals surface area contributed by atoms with Gasteiger partial charge in [-0.1, -0.05) is 48.5 Å².